The Morgan fingerprint density at radius 1 is 1.62 bits per heavy atom. The van der Waals surface area contributed by atoms with Gasteiger partial charge in [0, 0.05) is 25.4 Å². The van der Waals surface area contributed by atoms with Crippen LogP contribution in [0, 0.1) is 0 Å². The normalized spacial score (nSPS) is 13.3. The van der Waals surface area contributed by atoms with Crippen LogP contribution in [0.2, 0.25) is 0 Å². The number of hydrogen-bond acceptors (Lipinski definition) is 3. The molecule has 13 heavy (non-hydrogen) atoms. The fraction of sp³-hybridized carbons (Fsp3) is 0.800. The molecule has 0 radical (unpaired) electrons. The molecular weight excluding hydrogens is 182 g/mol. The summed E-state index contributed by atoms with van der Waals surface area (Å²) in [6.45, 7) is 11.0. The number of rotatable bonds is 7. The first-order chi connectivity index (χ1) is 6.15. The summed E-state index contributed by atoms with van der Waals surface area (Å²) in [6, 6.07) is 0.451. The van der Waals surface area contributed by atoms with Crippen LogP contribution in [0.1, 0.15) is 13.8 Å². The lowest BCUT2D eigenvalue weighted by Crippen LogP contribution is -2.37. The maximum absolute atomic E-state index is 5.11. The number of ether oxygens (including phenoxy) is 1. The minimum atomic E-state index is 0.451. The summed E-state index contributed by atoms with van der Waals surface area (Å²) >= 11 is 4.19. The Balaban J connectivity index is 3.93. The number of nitrogens with zero attached hydrogens (tertiary/aromatic N) is 1. The zero-order chi connectivity index (χ0) is 10.3. The summed E-state index contributed by atoms with van der Waals surface area (Å²) in [5.41, 5.74) is 1.16. The first-order valence-electron chi connectivity index (χ1n) is 4.66. The molecule has 0 aromatic rings. The van der Waals surface area contributed by atoms with Crippen LogP contribution in [0.15, 0.2) is 12.2 Å². The molecular formula is C10H21NOS. The van der Waals surface area contributed by atoms with E-state index < -0.39 is 0 Å². The standard InChI is InChI=1S/C10H21NOS/c1-5-11(6-9(2)8-13)10(3)7-12-4/h10,13H,2,5-8H2,1,3-4H3. The second-order valence-corrected chi connectivity index (χ2v) is 3.59. The van der Waals surface area contributed by atoms with Crippen molar-refractivity contribution in [2.45, 2.75) is 19.9 Å². The summed E-state index contributed by atoms with van der Waals surface area (Å²) in [5, 5.41) is 0. The van der Waals surface area contributed by atoms with Gasteiger partial charge in [-0.15, -0.1) is 0 Å². The quantitative estimate of drug-likeness (QED) is 0.500. The van der Waals surface area contributed by atoms with Gasteiger partial charge < -0.3 is 4.74 Å². The minimum Gasteiger partial charge on any atom is -0.383 e. The van der Waals surface area contributed by atoms with Crippen LogP contribution in [-0.2, 0) is 4.74 Å². The van der Waals surface area contributed by atoms with Crippen molar-refractivity contribution in [3.63, 3.8) is 0 Å². The summed E-state index contributed by atoms with van der Waals surface area (Å²) in [7, 11) is 1.73. The molecule has 0 spiro atoms. The van der Waals surface area contributed by atoms with Crippen LogP contribution in [0.4, 0.5) is 0 Å². The molecule has 0 aliphatic rings. The van der Waals surface area contributed by atoms with Gasteiger partial charge in [-0.2, -0.15) is 12.6 Å². The van der Waals surface area contributed by atoms with Crippen molar-refractivity contribution in [1.82, 2.24) is 4.90 Å². The van der Waals surface area contributed by atoms with Crippen molar-refractivity contribution in [2.75, 3.05) is 32.6 Å². The van der Waals surface area contributed by atoms with Gasteiger partial charge >= 0.3 is 0 Å². The first kappa shape index (κ1) is 13.0. The van der Waals surface area contributed by atoms with E-state index in [1.54, 1.807) is 7.11 Å². The topological polar surface area (TPSA) is 12.5 Å². The Hall–Kier alpha value is 0.01000. The van der Waals surface area contributed by atoms with Gasteiger partial charge in [-0.05, 0) is 13.5 Å². The maximum atomic E-state index is 5.11. The summed E-state index contributed by atoms with van der Waals surface area (Å²) in [4.78, 5) is 2.34. The third-order valence-electron chi connectivity index (χ3n) is 2.09. The molecule has 0 heterocycles. The fourth-order valence-corrected chi connectivity index (χ4v) is 1.36. The molecule has 0 aliphatic heterocycles. The highest BCUT2D eigenvalue weighted by Gasteiger charge is 2.11. The van der Waals surface area contributed by atoms with E-state index >= 15 is 0 Å². The number of hydrogen-bond donors (Lipinski definition) is 1. The molecule has 0 bridgehead atoms. The predicted molar refractivity (Wildman–Crippen MR) is 61.6 cm³/mol. The van der Waals surface area contributed by atoms with Crippen LogP contribution >= 0.6 is 12.6 Å². The van der Waals surface area contributed by atoms with E-state index in [4.69, 9.17) is 4.74 Å². The molecule has 78 valence electrons. The Morgan fingerprint density at radius 2 is 2.23 bits per heavy atom. The molecule has 0 fully saturated rings. The van der Waals surface area contributed by atoms with Crippen molar-refractivity contribution in [2.24, 2.45) is 0 Å². The van der Waals surface area contributed by atoms with E-state index in [2.05, 4.69) is 38.0 Å². The smallest absolute Gasteiger partial charge is 0.0615 e. The average Bonchev–Trinajstić information content (AvgIpc) is 2.14. The first-order valence-corrected chi connectivity index (χ1v) is 5.29. The van der Waals surface area contributed by atoms with Crippen molar-refractivity contribution in [3.8, 4) is 0 Å². The Labute approximate surface area is 87.4 Å². The molecule has 0 aromatic carbocycles. The summed E-state index contributed by atoms with van der Waals surface area (Å²) < 4.78 is 5.11. The zero-order valence-electron chi connectivity index (χ0n) is 8.92. The summed E-state index contributed by atoms with van der Waals surface area (Å²) in [6.07, 6.45) is 0. The van der Waals surface area contributed by atoms with E-state index in [-0.39, 0.29) is 0 Å². The van der Waals surface area contributed by atoms with Crippen molar-refractivity contribution >= 4 is 12.6 Å². The molecule has 3 heteroatoms. The molecule has 2 nitrogen and oxygen atoms in total. The highest BCUT2D eigenvalue weighted by atomic mass is 32.1. The number of thiol groups is 1. The van der Waals surface area contributed by atoms with Gasteiger partial charge in [0.15, 0.2) is 0 Å². The highest BCUT2D eigenvalue weighted by Crippen LogP contribution is 2.04. The van der Waals surface area contributed by atoms with Gasteiger partial charge in [0.1, 0.15) is 0 Å². The van der Waals surface area contributed by atoms with Crippen molar-refractivity contribution < 1.29 is 4.74 Å². The lowest BCUT2D eigenvalue weighted by atomic mass is 10.2. The molecule has 1 unspecified atom stereocenters. The summed E-state index contributed by atoms with van der Waals surface area (Å²) in [5.74, 6) is 0.760. The number of likely N-dealkylation sites (N-methyl/N-ethyl adjacent to an activating group) is 1. The van der Waals surface area contributed by atoms with Gasteiger partial charge in [0.25, 0.3) is 0 Å². The molecule has 1 atom stereocenters. The van der Waals surface area contributed by atoms with Gasteiger partial charge in [-0.1, -0.05) is 19.1 Å². The SMILES string of the molecule is C=C(CS)CN(CC)C(C)COC. The molecule has 0 N–H and O–H groups in total. The Bertz CT molecular complexity index is 150. The van der Waals surface area contributed by atoms with E-state index in [0.717, 1.165) is 31.0 Å². The lowest BCUT2D eigenvalue weighted by Gasteiger charge is -2.27. The molecule has 0 aliphatic carbocycles. The molecule has 0 aromatic heterocycles. The Morgan fingerprint density at radius 3 is 2.62 bits per heavy atom. The van der Waals surface area contributed by atoms with Crippen LogP contribution in [0.5, 0.6) is 0 Å². The molecule has 0 rings (SSSR count). The maximum Gasteiger partial charge on any atom is 0.0615 e. The van der Waals surface area contributed by atoms with E-state index in [0.29, 0.717) is 6.04 Å². The molecule has 0 saturated carbocycles. The van der Waals surface area contributed by atoms with E-state index in [1.807, 2.05) is 0 Å². The van der Waals surface area contributed by atoms with Gasteiger partial charge in [-0.25, -0.2) is 0 Å². The average molecular weight is 203 g/mol. The zero-order valence-corrected chi connectivity index (χ0v) is 9.81. The fourth-order valence-electron chi connectivity index (χ4n) is 1.26. The second-order valence-electron chi connectivity index (χ2n) is 3.28. The van der Waals surface area contributed by atoms with Crippen molar-refractivity contribution in [3.05, 3.63) is 12.2 Å². The van der Waals surface area contributed by atoms with Crippen LogP contribution in [-0.4, -0.2) is 43.5 Å². The monoisotopic (exact) mass is 203 g/mol. The van der Waals surface area contributed by atoms with E-state index in [9.17, 15) is 0 Å². The largest absolute Gasteiger partial charge is 0.383 e. The highest BCUT2D eigenvalue weighted by molar-refractivity contribution is 7.80. The third kappa shape index (κ3) is 5.34. The van der Waals surface area contributed by atoms with Gasteiger partial charge in [0.2, 0.25) is 0 Å². The second kappa shape index (κ2) is 7.42. The Kier molecular flexibility index (Phi) is 7.42. The lowest BCUT2D eigenvalue weighted by molar-refractivity contribution is 0.109. The third-order valence-corrected chi connectivity index (χ3v) is 2.53. The predicted octanol–water partition coefficient (Wildman–Crippen LogP) is 1.83. The van der Waals surface area contributed by atoms with Crippen molar-refractivity contribution in [1.29, 1.82) is 0 Å². The van der Waals surface area contributed by atoms with Crippen LogP contribution in [0.3, 0.4) is 0 Å². The van der Waals surface area contributed by atoms with Crippen LogP contribution < -0.4 is 0 Å². The minimum absolute atomic E-state index is 0.451. The molecule has 0 amide bonds. The number of methoxy groups -OCH3 is 1. The molecule has 0 saturated heterocycles. The van der Waals surface area contributed by atoms with Gasteiger partial charge in [0.05, 0.1) is 6.61 Å². The van der Waals surface area contributed by atoms with E-state index in [1.165, 1.54) is 0 Å². The van der Waals surface area contributed by atoms with Gasteiger partial charge in [-0.3, -0.25) is 4.90 Å². The van der Waals surface area contributed by atoms with Crippen LogP contribution in [0.25, 0.3) is 0 Å².